The molecule has 0 radical (unpaired) electrons. The summed E-state index contributed by atoms with van der Waals surface area (Å²) in [5.41, 5.74) is 0. The molecule has 1 aliphatic rings. The zero-order chi connectivity index (χ0) is 12.0. The fourth-order valence-corrected chi connectivity index (χ4v) is 2.89. The molecule has 0 aromatic rings. The SMILES string of the molecule is CC(C)OCCNS(=O)(=O)NC1CCCC1. The molecule has 5 nitrogen and oxygen atoms in total. The molecule has 0 heterocycles. The molecular weight excluding hydrogens is 228 g/mol. The first kappa shape index (κ1) is 13.9. The van der Waals surface area contributed by atoms with Crippen molar-refractivity contribution >= 4 is 10.2 Å². The van der Waals surface area contributed by atoms with E-state index in [4.69, 9.17) is 4.74 Å². The van der Waals surface area contributed by atoms with Crippen LogP contribution in [0.3, 0.4) is 0 Å². The predicted octanol–water partition coefficient (Wildman–Crippen LogP) is 0.778. The summed E-state index contributed by atoms with van der Waals surface area (Å²) in [6, 6.07) is 0.114. The highest BCUT2D eigenvalue weighted by molar-refractivity contribution is 7.87. The Hall–Kier alpha value is -0.170. The lowest BCUT2D eigenvalue weighted by Crippen LogP contribution is -2.42. The first-order valence-corrected chi connectivity index (χ1v) is 7.36. The predicted molar refractivity (Wildman–Crippen MR) is 63.4 cm³/mol. The number of nitrogens with one attached hydrogen (secondary N) is 2. The van der Waals surface area contributed by atoms with Crippen molar-refractivity contribution in [2.24, 2.45) is 0 Å². The molecule has 1 fully saturated rings. The molecule has 0 aromatic heterocycles. The van der Waals surface area contributed by atoms with Crippen molar-refractivity contribution in [2.45, 2.75) is 51.7 Å². The molecule has 0 atom stereocenters. The summed E-state index contributed by atoms with van der Waals surface area (Å²) in [5.74, 6) is 0. The fourth-order valence-electron chi connectivity index (χ4n) is 1.78. The van der Waals surface area contributed by atoms with Crippen LogP contribution in [0.2, 0.25) is 0 Å². The maximum atomic E-state index is 11.6. The molecule has 0 aromatic carbocycles. The first-order chi connectivity index (χ1) is 7.49. The van der Waals surface area contributed by atoms with Crippen LogP contribution in [0, 0.1) is 0 Å². The Bertz CT molecular complexity index is 284. The van der Waals surface area contributed by atoms with Crippen LogP contribution in [0.15, 0.2) is 0 Å². The van der Waals surface area contributed by atoms with E-state index in [1.165, 1.54) is 0 Å². The van der Waals surface area contributed by atoms with Crippen molar-refractivity contribution in [3.63, 3.8) is 0 Å². The average molecular weight is 250 g/mol. The van der Waals surface area contributed by atoms with Crippen molar-refractivity contribution in [1.29, 1.82) is 0 Å². The molecule has 0 saturated heterocycles. The number of rotatable bonds is 7. The number of hydrogen-bond acceptors (Lipinski definition) is 3. The summed E-state index contributed by atoms with van der Waals surface area (Å²) in [6.07, 6.45) is 4.26. The minimum absolute atomic E-state index is 0.114. The second kappa shape index (κ2) is 6.54. The van der Waals surface area contributed by atoms with Gasteiger partial charge in [-0.15, -0.1) is 0 Å². The van der Waals surface area contributed by atoms with Gasteiger partial charge in [-0.1, -0.05) is 12.8 Å². The third kappa shape index (κ3) is 5.79. The Labute approximate surface area is 98.1 Å². The third-order valence-electron chi connectivity index (χ3n) is 2.52. The summed E-state index contributed by atoms with van der Waals surface area (Å²) >= 11 is 0. The van der Waals surface area contributed by atoms with Gasteiger partial charge in [0.2, 0.25) is 0 Å². The van der Waals surface area contributed by atoms with Gasteiger partial charge in [0.1, 0.15) is 0 Å². The van der Waals surface area contributed by atoms with E-state index in [-0.39, 0.29) is 12.1 Å². The molecule has 0 bridgehead atoms. The molecule has 96 valence electrons. The molecule has 16 heavy (non-hydrogen) atoms. The highest BCUT2D eigenvalue weighted by atomic mass is 32.2. The van der Waals surface area contributed by atoms with E-state index in [0.717, 1.165) is 25.7 Å². The van der Waals surface area contributed by atoms with Crippen molar-refractivity contribution in [2.75, 3.05) is 13.2 Å². The lowest BCUT2D eigenvalue weighted by molar-refractivity contribution is 0.0833. The van der Waals surface area contributed by atoms with Gasteiger partial charge in [0, 0.05) is 12.6 Å². The summed E-state index contributed by atoms with van der Waals surface area (Å²) in [6.45, 7) is 4.57. The molecule has 6 heteroatoms. The van der Waals surface area contributed by atoms with E-state index in [1.54, 1.807) is 0 Å². The summed E-state index contributed by atoms with van der Waals surface area (Å²) < 4.78 is 33.5. The van der Waals surface area contributed by atoms with E-state index in [0.29, 0.717) is 13.2 Å². The quantitative estimate of drug-likeness (QED) is 0.656. The van der Waals surface area contributed by atoms with E-state index in [2.05, 4.69) is 9.44 Å². The molecule has 1 saturated carbocycles. The van der Waals surface area contributed by atoms with Gasteiger partial charge in [-0.2, -0.15) is 17.9 Å². The van der Waals surface area contributed by atoms with Crippen LogP contribution in [0.4, 0.5) is 0 Å². The average Bonchev–Trinajstić information content (AvgIpc) is 2.64. The molecule has 1 aliphatic carbocycles. The zero-order valence-corrected chi connectivity index (χ0v) is 10.8. The van der Waals surface area contributed by atoms with Crippen LogP contribution < -0.4 is 9.44 Å². The lowest BCUT2D eigenvalue weighted by Gasteiger charge is -2.13. The second-order valence-electron chi connectivity index (χ2n) is 4.42. The van der Waals surface area contributed by atoms with E-state index < -0.39 is 10.2 Å². The smallest absolute Gasteiger partial charge is 0.277 e. The molecule has 2 N–H and O–H groups in total. The zero-order valence-electron chi connectivity index (χ0n) is 10.0. The van der Waals surface area contributed by atoms with Gasteiger partial charge < -0.3 is 4.74 Å². The molecule has 0 unspecified atom stereocenters. The first-order valence-electron chi connectivity index (χ1n) is 5.88. The largest absolute Gasteiger partial charge is 0.377 e. The van der Waals surface area contributed by atoms with Crippen molar-refractivity contribution in [1.82, 2.24) is 9.44 Å². The number of ether oxygens (including phenoxy) is 1. The van der Waals surface area contributed by atoms with Gasteiger partial charge in [0.15, 0.2) is 0 Å². The van der Waals surface area contributed by atoms with Crippen LogP contribution in [0.25, 0.3) is 0 Å². The molecule has 0 aliphatic heterocycles. The highest BCUT2D eigenvalue weighted by Crippen LogP contribution is 2.17. The highest BCUT2D eigenvalue weighted by Gasteiger charge is 2.20. The number of hydrogen-bond donors (Lipinski definition) is 2. The van der Waals surface area contributed by atoms with E-state index >= 15 is 0 Å². The maximum absolute atomic E-state index is 11.6. The molecule has 1 rings (SSSR count). The van der Waals surface area contributed by atoms with Crippen LogP contribution in [-0.2, 0) is 14.9 Å². The minimum atomic E-state index is -3.34. The Morgan fingerprint density at radius 3 is 2.50 bits per heavy atom. The van der Waals surface area contributed by atoms with E-state index in [9.17, 15) is 8.42 Å². The van der Waals surface area contributed by atoms with Crippen LogP contribution >= 0.6 is 0 Å². The van der Waals surface area contributed by atoms with Crippen LogP contribution in [0.5, 0.6) is 0 Å². The van der Waals surface area contributed by atoms with Gasteiger partial charge in [-0.05, 0) is 26.7 Å². The summed E-state index contributed by atoms with van der Waals surface area (Å²) in [7, 11) is -3.34. The van der Waals surface area contributed by atoms with Gasteiger partial charge in [0.05, 0.1) is 12.7 Å². The lowest BCUT2D eigenvalue weighted by atomic mass is 10.3. The Morgan fingerprint density at radius 2 is 1.94 bits per heavy atom. The molecule has 0 spiro atoms. The van der Waals surface area contributed by atoms with Crippen molar-refractivity contribution in [3.05, 3.63) is 0 Å². The van der Waals surface area contributed by atoms with Gasteiger partial charge in [0.25, 0.3) is 10.2 Å². The fraction of sp³-hybridized carbons (Fsp3) is 1.00. The minimum Gasteiger partial charge on any atom is -0.377 e. The monoisotopic (exact) mass is 250 g/mol. The third-order valence-corrected chi connectivity index (χ3v) is 3.75. The van der Waals surface area contributed by atoms with Gasteiger partial charge >= 0.3 is 0 Å². The maximum Gasteiger partial charge on any atom is 0.277 e. The summed E-state index contributed by atoms with van der Waals surface area (Å²) in [4.78, 5) is 0. The second-order valence-corrected chi connectivity index (χ2v) is 5.95. The standard InChI is InChI=1S/C10H22N2O3S/c1-9(2)15-8-7-11-16(13,14)12-10-5-3-4-6-10/h9-12H,3-8H2,1-2H3. The molecule has 0 amide bonds. The van der Waals surface area contributed by atoms with E-state index in [1.807, 2.05) is 13.8 Å². The topological polar surface area (TPSA) is 67.4 Å². The van der Waals surface area contributed by atoms with Crippen molar-refractivity contribution < 1.29 is 13.2 Å². The Kier molecular flexibility index (Phi) is 5.68. The van der Waals surface area contributed by atoms with Gasteiger partial charge in [-0.25, -0.2) is 0 Å². The van der Waals surface area contributed by atoms with Gasteiger partial charge in [-0.3, -0.25) is 0 Å². The van der Waals surface area contributed by atoms with Crippen molar-refractivity contribution in [3.8, 4) is 0 Å². The molecular formula is C10H22N2O3S. The Balaban J connectivity index is 2.18. The van der Waals surface area contributed by atoms with Crippen LogP contribution in [-0.4, -0.2) is 33.7 Å². The normalized spacial score (nSPS) is 18.4. The Morgan fingerprint density at radius 1 is 1.31 bits per heavy atom. The van der Waals surface area contributed by atoms with Crippen LogP contribution in [0.1, 0.15) is 39.5 Å². The summed E-state index contributed by atoms with van der Waals surface area (Å²) in [5, 5.41) is 0.